The van der Waals surface area contributed by atoms with E-state index in [2.05, 4.69) is 10.1 Å². The van der Waals surface area contributed by atoms with Crippen LogP contribution in [0.4, 0.5) is 0 Å². The largest absolute Gasteiger partial charge is 0.350 e. The van der Waals surface area contributed by atoms with E-state index in [1.54, 1.807) is 19.3 Å². The minimum Gasteiger partial charge on any atom is -0.350 e. The van der Waals surface area contributed by atoms with Crippen molar-refractivity contribution in [2.45, 2.75) is 0 Å². The van der Waals surface area contributed by atoms with Gasteiger partial charge in [-0.3, -0.25) is 4.79 Å². The molecule has 0 aliphatic carbocycles. The Balaban J connectivity index is 2.61. The van der Waals surface area contributed by atoms with Gasteiger partial charge in [-0.15, -0.1) is 0 Å². The minimum atomic E-state index is -0.134. The van der Waals surface area contributed by atoms with Crippen LogP contribution in [0.2, 0.25) is 5.02 Å². The third-order valence-electron chi connectivity index (χ3n) is 2.67. The molecule has 0 atom stereocenters. The summed E-state index contributed by atoms with van der Waals surface area (Å²) in [6.07, 6.45) is 1.67. The Hall–Kier alpha value is -1.81. The van der Waals surface area contributed by atoms with Crippen LogP contribution in [0, 0.1) is 0 Å². The van der Waals surface area contributed by atoms with Crippen molar-refractivity contribution in [2.24, 2.45) is 7.05 Å². The van der Waals surface area contributed by atoms with Gasteiger partial charge in [0.25, 0.3) is 5.56 Å². The first-order valence-electron chi connectivity index (χ1n) is 4.80. The van der Waals surface area contributed by atoms with Crippen LogP contribution in [0.1, 0.15) is 0 Å². The molecule has 0 saturated carbocycles. The van der Waals surface area contributed by atoms with Crippen molar-refractivity contribution in [1.29, 1.82) is 0 Å². The number of H-pyrrole nitrogens is 1. The van der Waals surface area contributed by atoms with Crippen molar-refractivity contribution in [2.75, 3.05) is 0 Å². The fourth-order valence-corrected chi connectivity index (χ4v) is 2.02. The normalized spacial score (nSPS) is 11.4. The van der Waals surface area contributed by atoms with Gasteiger partial charge < -0.3 is 4.98 Å². The van der Waals surface area contributed by atoms with Crippen molar-refractivity contribution in [3.8, 4) is 0 Å². The Bertz CT molecular complexity index is 757. The number of fused-ring (bicyclic) bond motifs is 3. The van der Waals surface area contributed by atoms with Gasteiger partial charge in [-0.2, -0.15) is 5.10 Å². The van der Waals surface area contributed by atoms with E-state index < -0.39 is 0 Å². The molecule has 1 aromatic carbocycles. The second-order valence-electron chi connectivity index (χ2n) is 3.68. The maximum Gasteiger partial charge on any atom is 0.290 e. The van der Waals surface area contributed by atoms with E-state index in [1.165, 1.54) is 4.68 Å². The lowest BCUT2D eigenvalue weighted by Crippen LogP contribution is -2.18. The Morgan fingerprint density at radius 2 is 2.19 bits per heavy atom. The van der Waals surface area contributed by atoms with Gasteiger partial charge in [0.05, 0.1) is 6.20 Å². The first-order chi connectivity index (χ1) is 7.66. The number of benzene rings is 1. The summed E-state index contributed by atoms with van der Waals surface area (Å²) < 4.78 is 1.30. The molecule has 80 valence electrons. The van der Waals surface area contributed by atoms with Crippen molar-refractivity contribution >= 4 is 33.4 Å². The molecule has 0 amide bonds. The van der Waals surface area contributed by atoms with Crippen LogP contribution in [0.5, 0.6) is 0 Å². The first kappa shape index (κ1) is 9.42. The van der Waals surface area contributed by atoms with Crippen molar-refractivity contribution < 1.29 is 0 Å². The van der Waals surface area contributed by atoms with Crippen LogP contribution in [0.25, 0.3) is 21.8 Å². The van der Waals surface area contributed by atoms with E-state index >= 15 is 0 Å². The van der Waals surface area contributed by atoms with Crippen LogP contribution in [0.3, 0.4) is 0 Å². The Morgan fingerprint density at radius 1 is 1.38 bits per heavy atom. The number of aromatic nitrogens is 3. The van der Waals surface area contributed by atoms with Crippen LogP contribution in [0.15, 0.2) is 29.2 Å². The molecule has 0 radical (unpaired) electrons. The molecule has 3 aromatic rings. The molecule has 3 rings (SSSR count). The molecule has 2 aromatic heterocycles. The molecule has 0 unspecified atom stereocenters. The fourth-order valence-electron chi connectivity index (χ4n) is 1.85. The number of hydrogen-bond acceptors (Lipinski definition) is 2. The Labute approximate surface area is 95.5 Å². The highest BCUT2D eigenvalue weighted by atomic mass is 35.5. The van der Waals surface area contributed by atoms with E-state index in [-0.39, 0.29) is 5.56 Å². The topological polar surface area (TPSA) is 50.7 Å². The molecule has 0 spiro atoms. The summed E-state index contributed by atoms with van der Waals surface area (Å²) in [6, 6.07) is 5.48. The lowest BCUT2D eigenvalue weighted by molar-refractivity contribution is 0.717. The molecule has 16 heavy (non-hydrogen) atoms. The van der Waals surface area contributed by atoms with Crippen LogP contribution in [-0.4, -0.2) is 14.8 Å². The standard InChI is InChI=1S/C11H8ClN3O/c1-15-11(16)10-8(5-13-15)7-4-6(12)2-3-9(7)14-10/h2-5,14H,1H3. The van der Waals surface area contributed by atoms with E-state index in [9.17, 15) is 4.79 Å². The zero-order valence-electron chi connectivity index (χ0n) is 8.49. The third-order valence-corrected chi connectivity index (χ3v) is 2.90. The number of aromatic amines is 1. The maximum atomic E-state index is 11.8. The van der Waals surface area contributed by atoms with Crippen molar-refractivity contribution in [3.63, 3.8) is 0 Å². The van der Waals surface area contributed by atoms with Crippen LogP contribution < -0.4 is 5.56 Å². The number of nitrogens with zero attached hydrogens (tertiary/aromatic N) is 2. The Kier molecular flexibility index (Phi) is 1.82. The first-order valence-corrected chi connectivity index (χ1v) is 5.18. The second-order valence-corrected chi connectivity index (χ2v) is 4.11. The predicted octanol–water partition coefficient (Wildman–Crippen LogP) is 2.07. The summed E-state index contributed by atoms with van der Waals surface area (Å²) in [4.78, 5) is 14.9. The quantitative estimate of drug-likeness (QED) is 0.646. The van der Waals surface area contributed by atoms with Gasteiger partial charge in [0.15, 0.2) is 0 Å². The molecule has 0 aliphatic heterocycles. The molecule has 4 nitrogen and oxygen atoms in total. The summed E-state index contributed by atoms with van der Waals surface area (Å²) in [7, 11) is 1.63. The second kappa shape index (κ2) is 3.09. The van der Waals surface area contributed by atoms with Gasteiger partial charge in [-0.25, -0.2) is 4.68 Å². The van der Waals surface area contributed by atoms with Crippen molar-refractivity contribution in [1.82, 2.24) is 14.8 Å². The minimum absolute atomic E-state index is 0.134. The van der Waals surface area contributed by atoms with E-state index in [0.29, 0.717) is 10.5 Å². The van der Waals surface area contributed by atoms with Gasteiger partial charge in [0.1, 0.15) is 5.52 Å². The van der Waals surface area contributed by atoms with E-state index in [1.807, 2.05) is 12.1 Å². The number of nitrogens with one attached hydrogen (secondary N) is 1. The van der Waals surface area contributed by atoms with Gasteiger partial charge in [0.2, 0.25) is 0 Å². The maximum absolute atomic E-state index is 11.8. The molecule has 2 heterocycles. The Morgan fingerprint density at radius 3 is 3.00 bits per heavy atom. The van der Waals surface area contributed by atoms with Gasteiger partial charge in [0, 0.05) is 28.4 Å². The zero-order chi connectivity index (χ0) is 11.3. The number of aryl methyl sites for hydroxylation is 1. The lowest BCUT2D eigenvalue weighted by Gasteiger charge is -1.94. The summed E-state index contributed by atoms with van der Waals surface area (Å²) in [6.45, 7) is 0. The predicted molar refractivity (Wildman–Crippen MR) is 63.9 cm³/mol. The van der Waals surface area contributed by atoms with Crippen LogP contribution in [-0.2, 0) is 7.05 Å². The molecule has 0 bridgehead atoms. The number of hydrogen-bond donors (Lipinski definition) is 1. The number of halogens is 1. The molecular formula is C11H8ClN3O. The smallest absolute Gasteiger partial charge is 0.290 e. The van der Waals surface area contributed by atoms with Crippen molar-refractivity contribution in [3.05, 3.63) is 39.8 Å². The summed E-state index contributed by atoms with van der Waals surface area (Å²) in [5.74, 6) is 0. The zero-order valence-corrected chi connectivity index (χ0v) is 9.25. The molecule has 0 saturated heterocycles. The molecule has 5 heteroatoms. The molecule has 0 fully saturated rings. The van der Waals surface area contributed by atoms with E-state index in [4.69, 9.17) is 11.6 Å². The summed E-state index contributed by atoms with van der Waals surface area (Å²) >= 11 is 5.93. The highest BCUT2D eigenvalue weighted by molar-refractivity contribution is 6.31. The van der Waals surface area contributed by atoms with Gasteiger partial charge >= 0.3 is 0 Å². The molecule has 0 aliphatic rings. The summed E-state index contributed by atoms with van der Waals surface area (Å²) in [5, 5.41) is 6.38. The van der Waals surface area contributed by atoms with Gasteiger partial charge in [-0.05, 0) is 18.2 Å². The average molecular weight is 234 g/mol. The highest BCUT2D eigenvalue weighted by Crippen LogP contribution is 2.25. The fraction of sp³-hybridized carbons (Fsp3) is 0.0909. The van der Waals surface area contributed by atoms with Gasteiger partial charge in [-0.1, -0.05) is 11.6 Å². The van der Waals surface area contributed by atoms with E-state index in [0.717, 1.165) is 16.3 Å². The highest BCUT2D eigenvalue weighted by Gasteiger charge is 2.08. The average Bonchev–Trinajstić information content (AvgIpc) is 2.62. The van der Waals surface area contributed by atoms with Crippen LogP contribution >= 0.6 is 11.6 Å². The summed E-state index contributed by atoms with van der Waals surface area (Å²) in [5.41, 5.74) is 1.32. The molecular weight excluding hydrogens is 226 g/mol. The lowest BCUT2D eigenvalue weighted by atomic mass is 10.2. The third kappa shape index (κ3) is 1.17. The molecule has 1 N–H and O–H groups in total. The monoisotopic (exact) mass is 233 g/mol. The SMILES string of the molecule is Cn1ncc2c([nH]c3ccc(Cl)cc32)c1=O. The number of rotatable bonds is 0.